The van der Waals surface area contributed by atoms with E-state index in [1.54, 1.807) is 24.3 Å². The molecule has 170 valence electrons. The Bertz CT molecular complexity index is 598. The normalized spacial score (nSPS) is 11.3. The predicted octanol–water partition coefficient (Wildman–Crippen LogP) is 7.18. The van der Waals surface area contributed by atoms with Gasteiger partial charge in [-0.05, 0) is 44.9 Å². The van der Waals surface area contributed by atoms with Gasteiger partial charge in [0.1, 0.15) is 11.4 Å². The quantitative estimate of drug-likeness (QED) is 0.172. The van der Waals surface area contributed by atoms with E-state index >= 15 is 0 Å². The van der Waals surface area contributed by atoms with Crippen LogP contribution in [0.5, 0.6) is 5.75 Å². The second kappa shape index (κ2) is 15.0. The van der Waals surface area contributed by atoms with E-state index in [0.717, 1.165) is 18.4 Å². The first-order valence-corrected chi connectivity index (χ1v) is 11.8. The van der Waals surface area contributed by atoms with Gasteiger partial charge in [0.2, 0.25) is 0 Å². The molecule has 0 heterocycles. The Morgan fingerprint density at radius 2 is 1.23 bits per heavy atom. The highest BCUT2D eigenvalue weighted by Crippen LogP contribution is 2.16. The number of hydrogen-bond donors (Lipinski definition) is 0. The molecule has 1 aromatic carbocycles. The molecule has 0 saturated heterocycles. The van der Waals surface area contributed by atoms with E-state index in [-0.39, 0.29) is 18.4 Å². The van der Waals surface area contributed by atoms with Crippen LogP contribution in [-0.4, -0.2) is 17.5 Å². The molecule has 0 aliphatic heterocycles. The van der Waals surface area contributed by atoms with E-state index in [0.29, 0.717) is 12.2 Å². The maximum absolute atomic E-state index is 12.0. The van der Waals surface area contributed by atoms with E-state index < -0.39 is 5.60 Å². The Kier molecular flexibility index (Phi) is 13.1. The minimum Gasteiger partial charge on any atom is -0.460 e. The number of unbranched alkanes of at least 4 members (excludes halogenated alkanes) is 10. The Morgan fingerprint density at radius 3 is 1.73 bits per heavy atom. The first-order valence-electron chi connectivity index (χ1n) is 11.8. The van der Waals surface area contributed by atoms with Crippen molar-refractivity contribution in [1.29, 1.82) is 0 Å². The largest absolute Gasteiger partial charge is 0.460 e. The fraction of sp³-hybridized carbons (Fsp3) is 0.692. The van der Waals surface area contributed by atoms with Crippen LogP contribution in [0.25, 0.3) is 0 Å². The molecule has 4 heteroatoms. The van der Waals surface area contributed by atoms with Crippen LogP contribution in [0.1, 0.15) is 110 Å². The van der Waals surface area contributed by atoms with E-state index in [2.05, 4.69) is 6.92 Å². The lowest BCUT2D eigenvalue weighted by Gasteiger charge is -2.19. The first kappa shape index (κ1) is 26.2. The summed E-state index contributed by atoms with van der Waals surface area (Å²) < 4.78 is 10.7. The van der Waals surface area contributed by atoms with Crippen molar-refractivity contribution in [3.63, 3.8) is 0 Å². The molecule has 0 aliphatic rings. The molecule has 1 rings (SSSR count). The van der Waals surface area contributed by atoms with E-state index in [4.69, 9.17) is 9.47 Å². The van der Waals surface area contributed by atoms with Crippen LogP contribution in [0, 0.1) is 0 Å². The molecule has 0 radical (unpaired) electrons. The Labute approximate surface area is 183 Å². The van der Waals surface area contributed by atoms with Crippen molar-refractivity contribution in [2.24, 2.45) is 0 Å². The van der Waals surface area contributed by atoms with Crippen molar-refractivity contribution in [2.45, 2.75) is 117 Å². The summed E-state index contributed by atoms with van der Waals surface area (Å²) in [6, 6.07) is 7.07. The zero-order chi connectivity index (χ0) is 22.2. The second-order valence-corrected chi connectivity index (χ2v) is 9.17. The van der Waals surface area contributed by atoms with Gasteiger partial charge in [-0.15, -0.1) is 0 Å². The maximum Gasteiger partial charge on any atom is 0.311 e. The van der Waals surface area contributed by atoms with Gasteiger partial charge in [-0.25, -0.2) is 0 Å². The average molecular weight is 419 g/mol. The number of hydrogen-bond acceptors (Lipinski definition) is 4. The van der Waals surface area contributed by atoms with Gasteiger partial charge in [-0.2, -0.15) is 0 Å². The summed E-state index contributed by atoms with van der Waals surface area (Å²) >= 11 is 0. The van der Waals surface area contributed by atoms with Crippen LogP contribution in [0.4, 0.5) is 0 Å². The van der Waals surface area contributed by atoms with Gasteiger partial charge >= 0.3 is 11.9 Å². The topological polar surface area (TPSA) is 52.6 Å². The highest BCUT2D eigenvalue weighted by atomic mass is 16.6. The third-order valence-electron chi connectivity index (χ3n) is 4.91. The van der Waals surface area contributed by atoms with Crippen LogP contribution < -0.4 is 4.74 Å². The second-order valence-electron chi connectivity index (χ2n) is 9.17. The van der Waals surface area contributed by atoms with Crippen molar-refractivity contribution < 1.29 is 19.1 Å². The van der Waals surface area contributed by atoms with Gasteiger partial charge in [-0.1, -0.05) is 83.3 Å². The molecule has 0 aromatic heterocycles. The van der Waals surface area contributed by atoms with Gasteiger partial charge in [-0.3, -0.25) is 9.59 Å². The van der Waals surface area contributed by atoms with Crippen LogP contribution in [-0.2, 0) is 20.7 Å². The fourth-order valence-corrected chi connectivity index (χ4v) is 3.34. The molecule has 0 aliphatic carbocycles. The van der Waals surface area contributed by atoms with Crippen LogP contribution in [0.3, 0.4) is 0 Å². The number of benzene rings is 1. The molecule has 30 heavy (non-hydrogen) atoms. The zero-order valence-electron chi connectivity index (χ0n) is 19.6. The zero-order valence-corrected chi connectivity index (χ0v) is 19.6. The molecular formula is C26H42O4. The maximum atomic E-state index is 12.0. The highest BCUT2D eigenvalue weighted by Gasteiger charge is 2.16. The van der Waals surface area contributed by atoms with Crippen LogP contribution in [0.2, 0.25) is 0 Å². The van der Waals surface area contributed by atoms with E-state index in [1.165, 1.54) is 57.8 Å². The monoisotopic (exact) mass is 418 g/mol. The first-order chi connectivity index (χ1) is 14.3. The number of ether oxygens (including phenoxy) is 2. The lowest BCUT2D eigenvalue weighted by molar-refractivity contribution is -0.154. The minimum atomic E-state index is -0.485. The average Bonchev–Trinajstić information content (AvgIpc) is 2.66. The number of esters is 2. The van der Waals surface area contributed by atoms with Crippen molar-refractivity contribution in [2.75, 3.05) is 0 Å². The van der Waals surface area contributed by atoms with Gasteiger partial charge in [0.25, 0.3) is 0 Å². The van der Waals surface area contributed by atoms with Crippen LogP contribution in [0.15, 0.2) is 24.3 Å². The van der Waals surface area contributed by atoms with Crippen molar-refractivity contribution in [1.82, 2.24) is 0 Å². The Balaban J connectivity index is 2.11. The molecular weight excluding hydrogens is 376 g/mol. The van der Waals surface area contributed by atoms with Gasteiger partial charge in [0, 0.05) is 6.42 Å². The van der Waals surface area contributed by atoms with E-state index in [9.17, 15) is 9.59 Å². The SMILES string of the molecule is CCCCCCCCCCCCCC(=O)Oc1ccc(CC(=O)OC(C)(C)C)cc1. The standard InChI is InChI=1S/C26H42O4/c1-5-6-7-8-9-10-11-12-13-14-15-16-24(27)29-23-19-17-22(18-20-23)21-25(28)30-26(2,3)4/h17-20H,5-16,21H2,1-4H3. The molecule has 4 nitrogen and oxygen atoms in total. The minimum absolute atomic E-state index is 0.189. The third-order valence-corrected chi connectivity index (χ3v) is 4.91. The summed E-state index contributed by atoms with van der Waals surface area (Å²) in [4.78, 5) is 23.9. The smallest absolute Gasteiger partial charge is 0.311 e. The molecule has 0 amide bonds. The molecule has 0 atom stereocenters. The Morgan fingerprint density at radius 1 is 0.733 bits per heavy atom. The summed E-state index contributed by atoms with van der Waals surface area (Å²) in [7, 11) is 0. The molecule has 1 aromatic rings. The molecule has 0 unspecified atom stereocenters. The summed E-state index contributed by atoms with van der Waals surface area (Å²) in [6.45, 7) is 7.80. The van der Waals surface area contributed by atoms with E-state index in [1.807, 2.05) is 20.8 Å². The lowest BCUT2D eigenvalue weighted by atomic mass is 10.1. The number of carbonyl (C=O) groups excluding carboxylic acids is 2. The summed E-state index contributed by atoms with van der Waals surface area (Å²) in [5.74, 6) is 0.0746. The molecule has 0 spiro atoms. The third kappa shape index (κ3) is 14.2. The van der Waals surface area contributed by atoms with Gasteiger partial charge < -0.3 is 9.47 Å². The molecule has 0 N–H and O–H groups in total. The van der Waals surface area contributed by atoms with Crippen molar-refractivity contribution >= 4 is 11.9 Å². The van der Waals surface area contributed by atoms with Gasteiger partial charge in [0.05, 0.1) is 6.42 Å². The predicted molar refractivity (Wildman–Crippen MR) is 123 cm³/mol. The highest BCUT2D eigenvalue weighted by molar-refractivity contribution is 5.74. The summed E-state index contributed by atoms with van der Waals surface area (Å²) in [5, 5.41) is 0. The Hall–Kier alpha value is -1.84. The molecule has 0 fully saturated rings. The molecule has 0 saturated carbocycles. The van der Waals surface area contributed by atoms with Gasteiger partial charge in [0.15, 0.2) is 0 Å². The number of rotatable bonds is 15. The molecule has 0 bridgehead atoms. The van der Waals surface area contributed by atoms with Crippen molar-refractivity contribution in [3.8, 4) is 5.75 Å². The lowest BCUT2D eigenvalue weighted by Crippen LogP contribution is -2.24. The summed E-state index contributed by atoms with van der Waals surface area (Å²) in [6.07, 6.45) is 14.5. The van der Waals surface area contributed by atoms with Crippen LogP contribution >= 0.6 is 0 Å². The fourth-order valence-electron chi connectivity index (χ4n) is 3.34. The summed E-state index contributed by atoms with van der Waals surface area (Å²) in [5.41, 5.74) is 0.357. The van der Waals surface area contributed by atoms with Crippen molar-refractivity contribution in [3.05, 3.63) is 29.8 Å². The number of carbonyl (C=O) groups is 2.